The Kier molecular flexibility index (Phi) is 4.63. The van der Waals surface area contributed by atoms with Crippen LogP contribution in [0.15, 0.2) is 35.1 Å². The van der Waals surface area contributed by atoms with Gasteiger partial charge in [-0.2, -0.15) is 0 Å². The van der Waals surface area contributed by atoms with Gasteiger partial charge in [0, 0.05) is 35.9 Å². The van der Waals surface area contributed by atoms with E-state index in [1.165, 1.54) is 0 Å². The molecule has 3 rings (SSSR count). The van der Waals surface area contributed by atoms with E-state index in [0.717, 1.165) is 29.6 Å². The fourth-order valence-corrected chi connectivity index (χ4v) is 3.02. The van der Waals surface area contributed by atoms with Gasteiger partial charge in [-0.05, 0) is 35.0 Å². The zero-order valence-corrected chi connectivity index (χ0v) is 13.9. The molecule has 1 N–H and O–H groups in total. The van der Waals surface area contributed by atoms with Gasteiger partial charge in [-0.25, -0.2) is 9.59 Å². The molecule has 1 spiro atoms. The maximum atomic E-state index is 11.9. The highest BCUT2D eigenvalue weighted by Gasteiger charge is 2.46. The first-order chi connectivity index (χ1) is 11.1. The summed E-state index contributed by atoms with van der Waals surface area (Å²) in [7, 11) is 0. The lowest BCUT2D eigenvalue weighted by atomic mass is 10.2. The molecule has 0 atom stereocenters. The zero-order chi connectivity index (χ0) is 16.3. The van der Waals surface area contributed by atoms with E-state index in [0.29, 0.717) is 25.2 Å². The minimum absolute atomic E-state index is 0.318. The fourth-order valence-electron chi connectivity index (χ4n) is 2.66. The van der Waals surface area contributed by atoms with Gasteiger partial charge in [-0.15, -0.1) is 0 Å². The second-order valence-electron chi connectivity index (χ2n) is 5.25. The third-order valence-electron chi connectivity index (χ3n) is 3.64. The number of rotatable bonds is 1. The second kappa shape index (κ2) is 6.67. The summed E-state index contributed by atoms with van der Waals surface area (Å²) in [5.74, 6) is -2.69. The van der Waals surface area contributed by atoms with E-state index < -0.39 is 17.8 Å². The predicted molar refractivity (Wildman–Crippen MR) is 85.4 cm³/mol. The summed E-state index contributed by atoms with van der Waals surface area (Å²) >= 11 is 3.39. The summed E-state index contributed by atoms with van der Waals surface area (Å²) in [4.78, 5) is 29.8. The van der Waals surface area contributed by atoms with Crippen molar-refractivity contribution in [1.82, 2.24) is 10.3 Å². The standard InChI is InChI=1S/C15H16BrN3O4/c16-11-8-12(10-18-9-11)19-7-1-5-17-6-4-15(19)22-13(20)2-3-14(21)23-15/h2-3,8-10,17H,1,4-7H2. The van der Waals surface area contributed by atoms with Gasteiger partial charge in [0.1, 0.15) is 0 Å². The van der Waals surface area contributed by atoms with Gasteiger partial charge in [0.15, 0.2) is 0 Å². The molecule has 2 aliphatic rings. The van der Waals surface area contributed by atoms with Crippen molar-refractivity contribution in [3.05, 3.63) is 35.1 Å². The Morgan fingerprint density at radius 3 is 2.61 bits per heavy atom. The first kappa shape index (κ1) is 15.9. The van der Waals surface area contributed by atoms with Crippen LogP contribution in [0.5, 0.6) is 0 Å². The monoisotopic (exact) mass is 381 g/mol. The van der Waals surface area contributed by atoms with Crippen molar-refractivity contribution in [2.24, 2.45) is 0 Å². The van der Waals surface area contributed by atoms with Crippen LogP contribution >= 0.6 is 15.9 Å². The van der Waals surface area contributed by atoms with Crippen LogP contribution in [-0.2, 0) is 19.1 Å². The van der Waals surface area contributed by atoms with Crippen LogP contribution in [0.2, 0.25) is 0 Å². The normalized spacial score (nSPS) is 21.2. The molecule has 1 aromatic heterocycles. The number of anilines is 1. The molecule has 23 heavy (non-hydrogen) atoms. The molecule has 1 saturated heterocycles. The number of carbonyl (C=O) groups excluding carboxylic acids is 2. The summed E-state index contributed by atoms with van der Waals surface area (Å²) < 4.78 is 11.8. The lowest BCUT2D eigenvalue weighted by molar-refractivity contribution is -0.223. The second-order valence-corrected chi connectivity index (χ2v) is 6.17. The Labute approximate surface area is 141 Å². The molecule has 2 aliphatic heterocycles. The van der Waals surface area contributed by atoms with Crippen LogP contribution in [0.1, 0.15) is 12.8 Å². The number of halogens is 1. The van der Waals surface area contributed by atoms with E-state index in [1.54, 1.807) is 17.3 Å². The quantitative estimate of drug-likeness (QED) is 0.735. The number of aromatic nitrogens is 1. The molecule has 3 heterocycles. The van der Waals surface area contributed by atoms with Crippen LogP contribution in [0.3, 0.4) is 0 Å². The number of hydrogen-bond donors (Lipinski definition) is 1. The number of ether oxygens (including phenoxy) is 2. The Bertz CT molecular complexity index is 629. The Morgan fingerprint density at radius 2 is 1.91 bits per heavy atom. The van der Waals surface area contributed by atoms with E-state index in [9.17, 15) is 9.59 Å². The maximum absolute atomic E-state index is 11.9. The van der Waals surface area contributed by atoms with Gasteiger partial charge in [0.2, 0.25) is 0 Å². The molecule has 0 aromatic carbocycles. The third-order valence-corrected chi connectivity index (χ3v) is 4.08. The number of pyridine rings is 1. The van der Waals surface area contributed by atoms with Crippen molar-refractivity contribution in [2.75, 3.05) is 24.5 Å². The number of nitrogens with zero attached hydrogens (tertiary/aromatic N) is 2. The number of esters is 2. The van der Waals surface area contributed by atoms with Gasteiger partial charge in [-0.1, -0.05) is 0 Å². The number of hydrogen-bond acceptors (Lipinski definition) is 7. The van der Waals surface area contributed by atoms with E-state index in [2.05, 4.69) is 26.2 Å². The van der Waals surface area contributed by atoms with E-state index >= 15 is 0 Å². The molecule has 0 aliphatic carbocycles. The molecule has 7 nitrogen and oxygen atoms in total. The number of nitrogens with one attached hydrogen (secondary N) is 1. The average Bonchev–Trinajstić information content (AvgIpc) is 2.63. The lowest BCUT2D eigenvalue weighted by Gasteiger charge is -2.42. The summed E-state index contributed by atoms with van der Waals surface area (Å²) in [6, 6.07) is 1.85. The Hall–Kier alpha value is -1.93. The molecule has 8 heteroatoms. The highest BCUT2D eigenvalue weighted by atomic mass is 79.9. The Morgan fingerprint density at radius 1 is 1.17 bits per heavy atom. The third kappa shape index (κ3) is 3.53. The van der Waals surface area contributed by atoms with E-state index in [-0.39, 0.29) is 0 Å². The minimum Gasteiger partial charge on any atom is -0.400 e. The first-order valence-corrected chi connectivity index (χ1v) is 8.11. The van der Waals surface area contributed by atoms with Gasteiger partial charge < -0.3 is 14.8 Å². The van der Waals surface area contributed by atoms with Crippen molar-refractivity contribution >= 4 is 33.6 Å². The molecule has 0 unspecified atom stereocenters. The molecule has 0 bridgehead atoms. The fraction of sp³-hybridized carbons (Fsp3) is 0.400. The average molecular weight is 382 g/mol. The summed E-state index contributed by atoms with van der Waals surface area (Å²) in [5.41, 5.74) is 0.712. The molecule has 1 fully saturated rings. The summed E-state index contributed by atoms with van der Waals surface area (Å²) in [5, 5.41) is 3.24. The topological polar surface area (TPSA) is 80.8 Å². The van der Waals surface area contributed by atoms with E-state index in [4.69, 9.17) is 9.47 Å². The van der Waals surface area contributed by atoms with Crippen LogP contribution in [0, 0.1) is 0 Å². The summed E-state index contributed by atoms with van der Waals surface area (Å²) in [6.45, 7) is 1.93. The molecule has 0 radical (unpaired) electrons. The summed E-state index contributed by atoms with van der Waals surface area (Å²) in [6.07, 6.45) is 6.60. The van der Waals surface area contributed by atoms with Gasteiger partial charge in [0.25, 0.3) is 0 Å². The van der Waals surface area contributed by atoms with Gasteiger partial charge in [-0.3, -0.25) is 9.88 Å². The van der Waals surface area contributed by atoms with Crippen molar-refractivity contribution in [3.8, 4) is 0 Å². The maximum Gasteiger partial charge on any atom is 0.344 e. The van der Waals surface area contributed by atoms with Crippen LogP contribution in [0.25, 0.3) is 0 Å². The molecule has 1 aromatic rings. The predicted octanol–water partition coefficient (Wildman–Crippen LogP) is 1.34. The molecule has 0 saturated carbocycles. The van der Waals surface area contributed by atoms with E-state index in [1.807, 2.05) is 6.07 Å². The molecule has 122 valence electrons. The zero-order valence-electron chi connectivity index (χ0n) is 12.3. The largest absolute Gasteiger partial charge is 0.400 e. The minimum atomic E-state index is -1.48. The van der Waals surface area contributed by atoms with Crippen molar-refractivity contribution < 1.29 is 19.1 Å². The highest BCUT2D eigenvalue weighted by molar-refractivity contribution is 9.10. The van der Waals surface area contributed by atoms with Crippen molar-refractivity contribution in [2.45, 2.75) is 18.8 Å². The van der Waals surface area contributed by atoms with Crippen LogP contribution in [-0.4, -0.2) is 42.5 Å². The molecular weight excluding hydrogens is 366 g/mol. The smallest absolute Gasteiger partial charge is 0.344 e. The van der Waals surface area contributed by atoms with Crippen LogP contribution in [0.4, 0.5) is 5.69 Å². The molecular formula is C15H16BrN3O4. The lowest BCUT2D eigenvalue weighted by Crippen LogP contribution is -2.57. The first-order valence-electron chi connectivity index (χ1n) is 7.32. The van der Waals surface area contributed by atoms with Crippen LogP contribution < -0.4 is 10.2 Å². The SMILES string of the molecule is O=C1C=CC(=O)OC2(CCNCCCN2c2cncc(Br)c2)O1. The Balaban J connectivity index is 2.03. The van der Waals surface area contributed by atoms with Gasteiger partial charge in [0.05, 0.1) is 18.3 Å². The van der Waals surface area contributed by atoms with Crippen molar-refractivity contribution in [3.63, 3.8) is 0 Å². The molecule has 0 amide bonds. The van der Waals surface area contributed by atoms with Crippen molar-refractivity contribution in [1.29, 1.82) is 0 Å². The number of carbonyl (C=O) groups is 2. The highest BCUT2D eigenvalue weighted by Crippen LogP contribution is 2.33. The van der Waals surface area contributed by atoms with Gasteiger partial charge >= 0.3 is 17.8 Å².